The largest absolute Gasteiger partial charge is 0.324 e. The Morgan fingerprint density at radius 3 is 2.92 bits per heavy atom. The molecular weight excluding hydrogens is 374 g/mol. The van der Waals surface area contributed by atoms with E-state index in [4.69, 9.17) is 0 Å². The van der Waals surface area contributed by atoms with Crippen LogP contribution in [0.3, 0.4) is 0 Å². The molecule has 0 amide bonds. The first-order valence-corrected chi connectivity index (χ1v) is 9.53. The topological polar surface area (TPSA) is 49.3 Å². The molecule has 136 valence electrons. The molecule has 0 unspecified atom stereocenters. The zero-order valence-corrected chi connectivity index (χ0v) is 15.3. The van der Waals surface area contributed by atoms with Crippen molar-refractivity contribution in [1.29, 1.82) is 0 Å². The van der Waals surface area contributed by atoms with Crippen molar-refractivity contribution in [3.8, 4) is 11.1 Å². The molecule has 4 rings (SSSR count). The number of halogens is 2. The second-order valence-corrected chi connectivity index (χ2v) is 7.49. The third-order valence-corrected chi connectivity index (χ3v) is 5.58. The normalized spacial score (nSPS) is 14.7. The van der Waals surface area contributed by atoms with Crippen LogP contribution in [0.2, 0.25) is 0 Å². The van der Waals surface area contributed by atoms with Crippen molar-refractivity contribution in [3.05, 3.63) is 64.1 Å². The van der Waals surface area contributed by atoms with Gasteiger partial charge in [0, 0.05) is 20.0 Å². The van der Waals surface area contributed by atoms with Gasteiger partial charge in [-0.1, -0.05) is 12.1 Å². The van der Waals surface area contributed by atoms with Crippen molar-refractivity contribution >= 4 is 34.9 Å². The Morgan fingerprint density at radius 2 is 2.12 bits per heavy atom. The fraction of sp³-hybridized carbons (Fsp3) is 0.111. The summed E-state index contributed by atoms with van der Waals surface area (Å²) in [4.78, 5) is 9.37. The molecule has 4 nitrogen and oxygen atoms in total. The second kappa shape index (κ2) is 7.05. The zero-order chi connectivity index (χ0) is 18.1. The van der Waals surface area contributed by atoms with Gasteiger partial charge in [0.1, 0.15) is 16.6 Å². The van der Waals surface area contributed by atoms with Crippen molar-refractivity contribution < 1.29 is 11.6 Å². The average Bonchev–Trinajstić information content (AvgIpc) is 3.15. The van der Waals surface area contributed by atoms with E-state index in [9.17, 15) is 8.78 Å². The van der Waals surface area contributed by atoms with E-state index in [2.05, 4.69) is 20.0 Å². The highest BCUT2D eigenvalue weighted by molar-refractivity contribution is 7.98. The first kappa shape index (κ1) is 17.0. The van der Waals surface area contributed by atoms with Crippen LogP contribution in [0, 0.1) is 18.6 Å². The van der Waals surface area contributed by atoms with Crippen LogP contribution in [0.15, 0.2) is 51.8 Å². The Hall–Kier alpha value is -2.45. The van der Waals surface area contributed by atoms with Crippen LogP contribution in [0.25, 0.3) is 11.1 Å². The van der Waals surface area contributed by atoms with Gasteiger partial charge in [-0.25, -0.2) is 18.8 Å². The third-order valence-electron chi connectivity index (χ3n) is 3.98. The van der Waals surface area contributed by atoms with E-state index in [1.807, 2.05) is 5.38 Å². The van der Waals surface area contributed by atoms with Crippen LogP contribution >= 0.6 is 23.3 Å². The Morgan fingerprint density at radius 1 is 1.23 bits per heavy atom. The standard InChI is InChI=1S/C18H14F2N4S2.2H2/c1-10-12(3-2-4-14(10)20)13-7-11(19)8-15-17(13)23-18(24-26-15)22-9-16-21-5-6-25-16;;/h2-8H,9H2,1H3,(H2,22,23,24);2*1H. The number of fused-ring (bicyclic) bond motifs is 1. The van der Waals surface area contributed by atoms with E-state index in [0.717, 1.165) is 5.01 Å². The van der Waals surface area contributed by atoms with Crippen molar-refractivity contribution in [2.45, 2.75) is 18.4 Å². The summed E-state index contributed by atoms with van der Waals surface area (Å²) in [6.07, 6.45) is 1.74. The monoisotopic (exact) mass is 392 g/mol. The van der Waals surface area contributed by atoms with Gasteiger partial charge in [-0.05, 0) is 48.2 Å². The molecule has 0 saturated heterocycles. The molecule has 0 fully saturated rings. The Bertz CT molecular complexity index is 998. The lowest BCUT2D eigenvalue weighted by Gasteiger charge is -2.24. The molecule has 8 heteroatoms. The Kier molecular flexibility index (Phi) is 4.60. The highest BCUT2D eigenvalue weighted by atomic mass is 32.2. The van der Waals surface area contributed by atoms with Gasteiger partial charge in [-0.2, -0.15) is 0 Å². The molecular formula is C18H18F2N4S2. The fourth-order valence-electron chi connectivity index (χ4n) is 2.70. The molecule has 2 N–H and O–H groups in total. The van der Waals surface area contributed by atoms with Crippen molar-refractivity contribution in [3.63, 3.8) is 0 Å². The summed E-state index contributed by atoms with van der Waals surface area (Å²) in [5.74, 6) is -0.138. The number of guanidine groups is 1. The second-order valence-electron chi connectivity index (χ2n) is 5.66. The Balaban J connectivity index is 0.00000140. The highest BCUT2D eigenvalue weighted by Crippen LogP contribution is 2.40. The smallest absolute Gasteiger partial charge is 0.206 e. The van der Waals surface area contributed by atoms with E-state index in [1.54, 1.807) is 25.3 Å². The van der Waals surface area contributed by atoms with Crippen molar-refractivity contribution in [1.82, 2.24) is 9.71 Å². The molecule has 0 saturated carbocycles. The summed E-state index contributed by atoms with van der Waals surface area (Å²) < 4.78 is 31.2. The number of hydrogen-bond acceptors (Lipinski definition) is 4. The van der Waals surface area contributed by atoms with E-state index in [0.29, 0.717) is 39.8 Å². The predicted octanol–water partition coefficient (Wildman–Crippen LogP) is 5.47. The molecule has 2 aromatic carbocycles. The number of benzene rings is 2. The number of nitrogens with one attached hydrogen (secondary N) is 2. The van der Waals surface area contributed by atoms with Crippen LogP contribution in [0.5, 0.6) is 0 Å². The summed E-state index contributed by atoms with van der Waals surface area (Å²) in [5, 5.41) is 6.00. The van der Waals surface area contributed by atoms with Gasteiger partial charge in [0.25, 0.3) is 0 Å². The number of nitrogens with zero attached hydrogens (tertiary/aromatic N) is 2. The number of aromatic nitrogens is 1. The summed E-state index contributed by atoms with van der Waals surface area (Å²) in [6.45, 7) is 2.13. The first-order chi connectivity index (χ1) is 12.6. The predicted molar refractivity (Wildman–Crippen MR) is 107 cm³/mol. The van der Waals surface area contributed by atoms with Crippen LogP contribution in [0.4, 0.5) is 14.5 Å². The van der Waals surface area contributed by atoms with Crippen LogP contribution < -0.4 is 10.0 Å². The number of thiazole rings is 1. The average molecular weight is 392 g/mol. The maximum atomic E-state index is 14.1. The maximum absolute atomic E-state index is 14.1. The maximum Gasteiger partial charge on any atom is 0.206 e. The molecule has 1 aliphatic heterocycles. The number of rotatable bonds is 3. The minimum absolute atomic E-state index is 0. The molecule has 1 aliphatic rings. The number of anilines is 1. The van der Waals surface area contributed by atoms with Crippen molar-refractivity contribution in [2.24, 2.45) is 4.99 Å². The van der Waals surface area contributed by atoms with Crippen LogP contribution in [-0.2, 0) is 6.54 Å². The molecule has 2 heterocycles. The molecule has 0 aliphatic carbocycles. The molecule has 0 bridgehead atoms. The van der Waals surface area contributed by atoms with Gasteiger partial charge < -0.3 is 5.32 Å². The van der Waals surface area contributed by atoms with E-state index in [1.165, 1.54) is 41.5 Å². The van der Waals surface area contributed by atoms with Gasteiger partial charge in [-0.15, -0.1) is 11.3 Å². The summed E-state index contributed by atoms with van der Waals surface area (Å²) in [7, 11) is 0. The zero-order valence-electron chi connectivity index (χ0n) is 13.7. The SMILES string of the molecule is Cc1c(F)cccc1-c1cc(F)cc2c1NC(=NCc1nccs1)NS2.[HH].[HH]. The van der Waals surface area contributed by atoms with Gasteiger partial charge in [0.15, 0.2) is 0 Å². The van der Waals surface area contributed by atoms with Gasteiger partial charge in [-0.3, -0.25) is 4.72 Å². The van der Waals surface area contributed by atoms with Crippen LogP contribution in [0.1, 0.15) is 13.4 Å². The lowest BCUT2D eigenvalue weighted by molar-refractivity contribution is 0.618. The van der Waals surface area contributed by atoms with E-state index < -0.39 is 0 Å². The molecule has 26 heavy (non-hydrogen) atoms. The van der Waals surface area contributed by atoms with Crippen LogP contribution in [-0.4, -0.2) is 10.9 Å². The van der Waals surface area contributed by atoms with E-state index >= 15 is 0 Å². The highest BCUT2D eigenvalue weighted by Gasteiger charge is 2.21. The van der Waals surface area contributed by atoms with Crippen molar-refractivity contribution in [2.75, 3.05) is 5.32 Å². The Labute approximate surface area is 160 Å². The lowest BCUT2D eigenvalue weighted by Crippen LogP contribution is -2.30. The van der Waals surface area contributed by atoms with E-state index in [-0.39, 0.29) is 14.5 Å². The molecule has 0 atom stereocenters. The minimum atomic E-state index is -0.373. The van der Waals surface area contributed by atoms with Gasteiger partial charge in [0.05, 0.1) is 17.1 Å². The first-order valence-electron chi connectivity index (χ1n) is 7.83. The summed E-state index contributed by atoms with van der Waals surface area (Å²) >= 11 is 2.80. The molecule has 0 radical (unpaired) electrons. The van der Waals surface area contributed by atoms with Gasteiger partial charge in [0.2, 0.25) is 5.96 Å². The minimum Gasteiger partial charge on any atom is -0.324 e. The van der Waals surface area contributed by atoms with Gasteiger partial charge >= 0.3 is 0 Å². The fourth-order valence-corrected chi connectivity index (χ4v) is 4.00. The number of aliphatic imine (C=N–C) groups is 1. The molecule has 3 aromatic rings. The number of hydrogen-bond donors (Lipinski definition) is 2. The quantitative estimate of drug-likeness (QED) is 0.581. The third kappa shape index (κ3) is 3.30. The summed E-state index contributed by atoms with van der Waals surface area (Å²) in [5.41, 5.74) is 2.44. The summed E-state index contributed by atoms with van der Waals surface area (Å²) in [6, 6.07) is 7.66. The molecule has 0 spiro atoms. The lowest BCUT2D eigenvalue weighted by atomic mass is 9.98. The molecule has 1 aromatic heterocycles.